The van der Waals surface area contributed by atoms with Gasteiger partial charge in [-0.15, -0.1) is 0 Å². The van der Waals surface area contributed by atoms with E-state index >= 15 is 0 Å². The maximum absolute atomic E-state index is 7.04. The summed E-state index contributed by atoms with van der Waals surface area (Å²) in [7, 11) is -0.910. The standard InChI is InChI=1S/C28H34O4Si/c1-27(2,3)33(25-11-7-5-8-12-25,26-13-9-6-10-14-26)32-22-28(21-31-28)20-30-19-23-15-17-24(29-4)18-16-23/h5-18H,19-22H2,1-4H3/t28-/m0/s1. The molecule has 0 saturated carbocycles. The first kappa shape index (κ1) is 23.7. The normalized spacial score (nSPS) is 18.2. The van der Waals surface area contributed by atoms with Gasteiger partial charge in [0.05, 0.1) is 33.5 Å². The zero-order valence-corrected chi connectivity index (χ0v) is 21.0. The van der Waals surface area contributed by atoms with Crippen molar-refractivity contribution in [2.45, 2.75) is 38.0 Å². The molecule has 1 aliphatic heterocycles. The molecular weight excluding hydrogens is 428 g/mol. The maximum Gasteiger partial charge on any atom is 0.261 e. The molecule has 0 amide bonds. The largest absolute Gasteiger partial charge is 0.497 e. The second-order valence-electron chi connectivity index (χ2n) is 9.76. The van der Waals surface area contributed by atoms with Crippen LogP contribution in [0.15, 0.2) is 84.9 Å². The number of epoxide rings is 1. The number of rotatable bonds is 10. The average molecular weight is 463 g/mol. The van der Waals surface area contributed by atoms with E-state index in [0.717, 1.165) is 11.3 Å². The summed E-state index contributed by atoms with van der Waals surface area (Å²) in [6, 6.07) is 29.4. The van der Waals surface area contributed by atoms with Gasteiger partial charge in [0.1, 0.15) is 11.4 Å². The zero-order valence-electron chi connectivity index (χ0n) is 20.0. The van der Waals surface area contributed by atoms with Crippen molar-refractivity contribution in [1.82, 2.24) is 0 Å². The first-order valence-corrected chi connectivity index (χ1v) is 13.4. The molecule has 174 valence electrons. The van der Waals surface area contributed by atoms with Crippen LogP contribution in [0.4, 0.5) is 0 Å². The van der Waals surface area contributed by atoms with Crippen molar-refractivity contribution >= 4 is 18.7 Å². The summed E-state index contributed by atoms with van der Waals surface area (Å²) in [5.74, 6) is 0.847. The second kappa shape index (κ2) is 9.81. The predicted octanol–water partition coefficient (Wildman–Crippen LogP) is 4.56. The van der Waals surface area contributed by atoms with Gasteiger partial charge in [-0.2, -0.15) is 0 Å². The molecule has 4 rings (SSSR count). The molecule has 1 aliphatic rings. The van der Waals surface area contributed by atoms with Gasteiger partial charge in [0, 0.05) is 0 Å². The van der Waals surface area contributed by atoms with Crippen LogP contribution < -0.4 is 15.1 Å². The fourth-order valence-corrected chi connectivity index (χ4v) is 9.02. The van der Waals surface area contributed by atoms with Crippen molar-refractivity contribution in [2.75, 3.05) is 26.9 Å². The number of methoxy groups -OCH3 is 1. The van der Waals surface area contributed by atoms with Gasteiger partial charge in [-0.25, -0.2) is 0 Å². The van der Waals surface area contributed by atoms with Crippen LogP contribution in [0.3, 0.4) is 0 Å². The number of benzene rings is 3. The SMILES string of the molecule is COc1ccc(COC[C@@]2(CO[Si](c3ccccc3)(c3ccccc3)C(C)(C)C)CO2)cc1. The molecule has 33 heavy (non-hydrogen) atoms. The average Bonchev–Trinajstić information content (AvgIpc) is 3.60. The monoisotopic (exact) mass is 462 g/mol. The van der Waals surface area contributed by atoms with Gasteiger partial charge in [-0.3, -0.25) is 0 Å². The minimum Gasteiger partial charge on any atom is -0.497 e. The van der Waals surface area contributed by atoms with Crippen LogP contribution in [0, 0.1) is 0 Å². The third-order valence-corrected chi connectivity index (χ3v) is 11.3. The van der Waals surface area contributed by atoms with Crippen molar-refractivity contribution in [2.24, 2.45) is 0 Å². The lowest BCUT2D eigenvalue weighted by Gasteiger charge is -2.43. The van der Waals surface area contributed by atoms with Crippen molar-refractivity contribution in [3.8, 4) is 5.75 Å². The summed E-state index contributed by atoms with van der Waals surface area (Å²) < 4.78 is 24.2. The maximum atomic E-state index is 7.04. The molecule has 5 heteroatoms. The smallest absolute Gasteiger partial charge is 0.261 e. The van der Waals surface area contributed by atoms with Crippen molar-refractivity contribution < 1.29 is 18.6 Å². The van der Waals surface area contributed by atoms with Gasteiger partial charge in [0.15, 0.2) is 0 Å². The second-order valence-corrected chi connectivity index (χ2v) is 14.1. The van der Waals surface area contributed by atoms with E-state index in [2.05, 4.69) is 81.4 Å². The van der Waals surface area contributed by atoms with Gasteiger partial charge in [0.25, 0.3) is 8.32 Å². The molecule has 1 heterocycles. The Bertz CT molecular complexity index is 970. The van der Waals surface area contributed by atoms with Crippen LogP contribution in [-0.4, -0.2) is 40.8 Å². The highest BCUT2D eigenvalue weighted by molar-refractivity contribution is 6.99. The minimum absolute atomic E-state index is 0.0598. The molecule has 1 saturated heterocycles. The van der Waals surface area contributed by atoms with E-state index in [1.54, 1.807) is 7.11 Å². The highest BCUT2D eigenvalue weighted by Gasteiger charge is 2.54. The van der Waals surface area contributed by atoms with Crippen molar-refractivity contribution in [3.05, 3.63) is 90.5 Å². The third kappa shape index (κ3) is 5.22. The van der Waals surface area contributed by atoms with Crippen LogP contribution in [0.5, 0.6) is 5.75 Å². The Hall–Kier alpha value is -2.44. The van der Waals surface area contributed by atoms with Crippen molar-refractivity contribution in [1.29, 1.82) is 0 Å². The highest BCUT2D eigenvalue weighted by Crippen LogP contribution is 2.39. The lowest BCUT2D eigenvalue weighted by molar-refractivity contribution is 0.0444. The molecule has 1 atom stereocenters. The molecule has 0 aliphatic carbocycles. The Labute approximate surface area is 198 Å². The lowest BCUT2D eigenvalue weighted by Crippen LogP contribution is -2.67. The summed E-state index contributed by atoms with van der Waals surface area (Å²) in [5, 5.41) is 2.49. The first-order chi connectivity index (χ1) is 15.9. The Morgan fingerprint density at radius 2 is 1.36 bits per heavy atom. The number of ether oxygens (including phenoxy) is 3. The summed E-state index contributed by atoms with van der Waals surface area (Å²) in [5.41, 5.74) is 0.735. The molecule has 4 nitrogen and oxygen atoms in total. The van der Waals surface area contributed by atoms with Crippen LogP contribution in [-0.2, 0) is 20.5 Å². The molecule has 0 bridgehead atoms. The summed E-state index contributed by atoms with van der Waals surface area (Å²) in [4.78, 5) is 0. The van der Waals surface area contributed by atoms with Gasteiger partial charge >= 0.3 is 0 Å². The van der Waals surface area contributed by atoms with E-state index in [0.29, 0.717) is 26.4 Å². The zero-order chi connectivity index (χ0) is 23.4. The summed E-state index contributed by atoms with van der Waals surface area (Å²) in [6.45, 7) is 9.10. The van der Waals surface area contributed by atoms with E-state index in [-0.39, 0.29) is 10.6 Å². The number of hydrogen-bond donors (Lipinski definition) is 0. The molecule has 3 aromatic carbocycles. The molecular formula is C28H34O4Si. The van der Waals surface area contributed by atoms with Crippen LogP contribution >= 0.6 is 0 Å². The highest BCUT2D eigenvalue weighted by atomic mass is 28.4. The van der Waals surface area contributed by atoms with E-state index in [9.17, 15) is 0 Å². The van der Waals surface area contributed by atoms with Gasteiger partial charge in [0.2, 0.25) is 0 Å². The predicted molar refractivity (Wildman–Crippen MR) is 135 cm³/mol. The molecule has 0 unspecified atom stereocenters. The molecule has 3 aromatic rings. The number of hydrogen-bond acceptors (Lipinski definition) is 4. The van der Waals surface area contributed by atoms with E-state index < -0.39 is 8.32 Å². The fraction of sp³-hybridized carbons (Fsp3) is 0.357. The third-order valence-electron chi connectivity index (χ3n) is 6.31. The summed E-state index contributed by atoms with van der Waals surface area (Å²) >= 11 is 0. The van der Waals surface area contributed by atoms with Gasteiger partial charge < -0.3 is 18.6 Å². The Kier molecular flexibility index (Phi) is 7.05. The first-order valence-electron chi connectivity index (χ1n) is 11.5. The van der Waals surface area contributed by atoms with Gasteiger partial charge in [-0.1, -0.05) is 93.6 Å². The fourth-order valence-electron chi connectivity index (χ4n) is 4.39. The minimum atomic E-state index is -2.58. The molecule has 0 spiro atoms. The lowest BCUT2D eigenvalue weighted by atomic mass is 10.2. The molecule has 0 N–H and O–H groups in total. The Balaban J connectivity index is 1.51. The van der Waals surface area contributed by atoms with Gasteiger partial charge in [-0.05, 0) is 33.1 Å². The topological polar surface area (TPSA) is 40.2 Å². The van der Waals surface area contributed by atoms with E-state index in [1.807, 2.05) is 24.3 Å². The Morgan fingerprint density at radius 1 is 0.818 bits per heavy atom. The van der Waals surface area contributed by atoms with Crippen LogP contribution in [0.2, 0.25) is 5.04 Å². The van der Waals surface area contributed by atoms with Crippen LogP contribution in [0.25, 0.3) is 0 Å². The molecule has 0 aromatic heterocycles. The molecule has 0 radical (unpaired) electrons. The molecule has 1 fully saturated rings. The van der Waals surface area contributed by atoms with Crippen LogP contribution in [0.1, 0.15) is 26.3 Å². The van der Waals surface area contributed by atoms with E-state index in [4.69, 9.17) is 18.6 Å². The van der Waals surface area contributed by atoms with Crippen molar-refractivity contribution in [3.63, 3.8) is 0 Å². The summed E-state index contributed by atoms with van der Waals surface area (Å²) in [6.07, 6.45) is 0. The van der Waals surface area contributed by atoms with E-state index in [1.165, 1.54) is 10.4 Å². The Morgan fingerprint density at radius 3 is 1.82 bits per heavy atom. The quantitative estimate of drug-likeness (QED) is 0.327.